The molecule has 2 N–H and O–H groups in total. The second-order valence-electron chi connectivity index (χ2n) is 5.80. The molecule has 2 rings (SSSR count). The summed E-state index contributed by atoms with van der Waals surface area (Å²) in [5.74, 6) is 2.26. The fraction of sp³-hybridized carbons (Fsp3) is 0.625. The van der Waals surface area contributed by atoms with E-state index in [1.165, 1.54) is 25.7 Å². The Morgan fingerprint density at radius 1 is 1.35 bits per heavy atom. The lowest BCUT2D eigenvalue weighted by Gasteiger charge is -2.26. The van der Waals surface area contributed by atoms with E-state index in [0.717, 1.165) is 24.8 Å². The van der Waals surface area contributed by atoms with Crippen LogP contribution in [0.15, 0.2) is 18.3 Å². The Morgan fingerprint density at radius 3 is 2.80 bits per heavy atom. The Hall–Kier alpha value is -1.58. The zero-order valence-electron chi connectivity index (χ0n) is 12.5. The van der Waals surface area contributed by atoms with E-state index in [1.807, 2.05) is 13.0 Å². The van der Waals surface area contributed by atoms with Gasteiger partial charge in [-0.1, -0.05) is 19.8 Å². The lowest BCUT2D eigenvalue weighted by atomic mass is 9.83. The number of nitrogens with one attached hydrogen (secondary N) is 2. The van der Waals surface area contributed by atoms with Gasteiger partial charge in [-0.15, -0.1) is 0 Å². The van der Waals surface area contributed by atoms with Crippen molar-refractivity contribution in [3.63, 3.8) is 0 Å². The van der Waals surface area contributed by atoms with Crippen molar-refractivity contribution in [2.45, 2.75) is 39.5 Å². The van der Waals surface area contributed by atoms with Crippen molar-refractivity contribution in [2.75, 3.05) is 18.4 Å². The number of anilines is 1. The smallest absolute Gasteiger partial charge is 0.251 e. The lowest BCUT2D eigenvalue weighted by Crippen LogP contribution is -2.31. The minimum absolute atomic E-state index is 0.00479. The molecular formula is C16H25N3O. The van der Waals surface area contributed by atoms with Crippen molar-refractivity contribution in [3.8, 4) is 0 Å². The van der Waals surface area contributed by atoms with E-state index in [0.29, 0.717) is 11.5 Å². The van der Waals surface area contributed by atoms with E-state index in [1.54, 1.807) is 12.3 Å². The van der Waals surface area contributed by atoms with Crippen LogP contribution in [0.3, 0.4) is 0 Å². The average Bonchev–Trinajstić information content (AvgIpc) is 2.47. The summed E-state index contributed by atoms with van der Waals surface area (Å²) >= 11 is 0. The molecule has 0 atom stereocenters. The fourth-order valence-electron chi connectivity index (χ4n) is 2.72. The summed E-state index contributed by atoms with van der Waals surface area (Å²) in [6, 6.07) is 3.57. The van der Waals surface area contributed by atoms with Gasteiger partial charge >= 0.3 is 0 Å². The van der Waals surface area contributed by atoms with Crippen LogP contribution in [0.1, 0.15) is 49.9 Å². The third-order valence-electron chi connectivity index (χ3n) is 4.07. The highest BCUT2D eigenvalue weighted by molar-refractivity contribution is 5.94. The number of pyridine rings is 1. The van der Waals surface area contributed by atoms with Crippen LogP contribution in [-0.4, -0.2) is 24.0 Å². The van der Waals surface area contributed by atoms with Crippen LogP contribution in [-0.2, 0) is 0 Å². The molecule has 1 saturated carbocycles. The lowest BCUT2D eigenvalue weighted by molar-refractivity contribution is 0.0942. The van der Waals surface area contributed by atoms with Crippen molar-refractivity contribution < 1.29 is 4.79 Å². The molecule has 1 aliphatic carbocycles. The predicted molar refractivity (Wildman–Crippen MR) is 81.9 cm³/mol. The Morgan fingerprint density at radius 2 is 2.10 bits per heavy atom. The second kappa shape index (κ2) is 7.27. The molecule has 0 bridgehead atoms. The summed E-state index contributed by atoms with van der Waals surface area (Å²) in [5.41, 5.74) is 0.681. The first-order valence-electron chi connectivity index (χ1n) is 7.67. The third kappa shape index (κ3) is 4.22. The molecule has 0 unspecified atom stereocenters. The van der Waals surface area contributed by atoms with Crippen molar-refractivity contribution in [1.82, 2.24) is 10.3 Å². The van der Waals surface area contributed by atoms with Gasteiger partial charge in [0.15, 0.2) is 0 Å². The molecule has 0 radical (unpaired) electrons. The Balaban J connectivity index is 1.83. The minimum atomic E-state index is 0.00479. The van der Waals surface area contributed by atoms with Crippen LogP contribution < -0.4 is 10.6 Å². The number of hydrogen-bond acceptors (Lipinski definition) is 3. The van der Waals surface area contributed by atoms with Crippen LogP contribution in [0.2, 0.25) is 0 Å². The minimum Gasteiger partial charge on any atom is -0.370 e. The largest absolute Gasteiger partial charge is 0.370 e. The van der Waals surface area contributed by atoms with E-state index < -0.39 is 0 Å². The summed E-state index contributed by atoms with van der Waals surface area (Å²) in [5, 5.41) is 6.18. The molecule has 20 heavy (non-hydrogen) atoms. The molecule has 0 aliphatic heterocycles. The maximum atomic E-state index is 12.1. The van der Waals surface area contributed by atoms with Crippen LogP contribution in [0.4, 0.5) is 5.82 Å². The maximum Gasteiger partial charge on any atom is 0.251 e. The van der Waals surface area contributed by atoms with Crippen molar-refractivity contribution in [2.24, 2.45) is 11.8 Å². The van der Waals surface area contributed by atoms with Gasteiger partial charge in [-0.25, -0.2) is 4.98 Å². The first-order valence-corrected chi connectivity index (χ1v) is 7.67. The standard InChI is InChI=1S/C16H25N3O/c1-3-17-15-10-14(8-9-18-15)16(20)19-11-13-6-4-12(2)5-7-13/h8-10,12-13H,3-7,11H2,1-2H3,(H,17,18)(H,19,20). The highest BCUT2D eigenvalue weighted by atomic mass is 16.1. The molecule has 4 heteroatoms. The quantitative estimate of drug-likeness (QED) is 0.868. The number of amides is 1. The van der Waals surface area contributed by atoms with Gasteiger partial charge in [0.1, 0.15) is 5.82 Å². The molecule has 1 aromatic rings. The van der Waals surface area contributed by atoms with Gasteiger partial charge < -0.3 is 10.6 Å². The van der Waals surface area contributed by atoms with Gasteiger partial charge in [0.05, 0.1) is 0 Å². The Kier molecular flexibility index (Phi) is 5.39. The van der Waals surface area contributed by atoms with E-state index in [-0.39, 0.29) is 5.91 Å². The third-order valence-corrected chi connectivity index (χ3v) is 4.07. The number of carbonyl (C=O) groups excluding carboxylic acids is 1. The molecule has 1 heterocycles. The normalized spacial score (nSPS) is 22.3. The Labute approximate surface area is 121 Å². The number of hydrogen-bond donors (Lipinski definition) is 2. The van der Waals surface area contributed by atoms with Crippen LogP contribution in [0.5, 0.6) is 0 Å². The van der Waals surface area contributed by atoms with Crippen molar-refractivity contribution in [1.29, 1.82) is 0 Å². The molecule has 4 nitrogen and oxygen atoms in total. The monoisotopic (exact) mass is 275 g/mol. The maximum absolute atomic E-state index is 12.1. The summed E-state index contributed by atoms with van der Waals surface area (Å²) in [7, 11) is 0. The molecule has 1 aliphatic rings. The summed E-state index contributed by atoms with van der Waals surface area (Å²) in [4.78, 5) is 16.3. The van der Waals surface area contributed by atoms with Crippen LogP contribution in [0.25, 0.3) is 0 Å². The van der Waals surface area contributed by atoms with Gasteiger partial charge in [-0.05, 0) is 43.7 Å². The summed E-state index contributed by atoms with van der Waals surface area (Å²) < 4.78 is 0. The van der Waals surface area contributed by atoms with E-state index >= 15 is 0 Å². The predicted octanol–water partition coefficient (Wildman–Crippen LogP) is 3.07. The van der Waals surface area contributed by atoms with E-state index in [9.17, 15) is 4.79 Å². The number of nitrogens with zero attached hydrogens (tertiary/aromatic N) is 1. The average molecular weight is 275 g/mol. The number of rotatable bonds is 5. The zero-order chi connectivity index (χ0) is 14.4. The molecule has 0 aromatic carbocycles. The fourth-order valence-corrected chi connectivity index (χ4v) is 2.72. The van der Waals surface area contributed by atoms with Gasteiger partial charge in [-0.2, -0.15) is 0 Å². The molecule has 110 valence electrons. The molecule has 0 saturated heterocycles. The highest BCUT2D eigenvalue weighted by Crippen LogP contribution is 2.27. The molecule has 1 fully saturated rings. The first-order chi connectivity index (χ1) is 9.69. The molecule has 1 amide bonds. The van der Waals surface area contributed by atoms with E-state index in [4.69, 9.17) is 0 Å². The van der Waals surface area contributed by atoms with Crippen LogP contribution >= 0.6 is 0 Å². The SMILES string of the molecule is CCNc1cc(C(=O)NCC2CCC(C)CC2)ccn1. The molecule has 0 spiro atoms. The van der Waals surface area contributed by atoms with Crippen molar-refractivity contribution in [3.05, 3.63) is 23.9 Å². The Bertz CT molecular complexity index is 439. The topological polar surface area (TPSA) is 54.0 Å². The van der Waals surface area contributed by atoms with Gasteiger partial charge in [-0.3, -0.25) is 4.79 Å². The number of carbonyl (C=O) groups is 1. The number of aromatic nitrogens is 1. The van der Waals surface area contributed by atoms with Crippen LogP contribution in [0, 0.1) is 11.8 Å². The molecular weight excluding hydrogens is 250 g/mol. The first kappa shape index (κ1) is 14.8. The zero-order valence-corrected chi connectivity index (χ0v) is 12.5. The van der Waals surface area contributed by atoms with Gasteiger partial charge in [0, 0.05) is 24.8 Å². The summed E-state index contributed by atoms with van der Waals surface area (Å²) in [6.07, 6.45) is 6.73. The van der Waals surface area contributed by atoms with E-state index in [2.05, 4.69) is 22.5 Å². The molecule has 1 aromatic heterocycles. The van der Waals surface area contributed by atoms with Gasteiger partial charge in [0.25, 0.3) is 5.91 Å². The summed E-state index contributed by atoms with van der Waals surface area (Å²) in [6.45, 7) is 5.93. The van der Waals surface area contributed by atoms with Crippen molar-refractivity contribution >= 4 is 11.7 Å². The van der Waals surface area contributed by atoms with Gasteiger partial charge in [0.2, 0.25) is 0 Å². The highest BCUT2D eigenvalue weighted by Gasteiger charge is 2.18. The second-order valence-corrected chi connectivity index (χ2v) is 5.80.